The summed E-state index contributed by atoms with van der Waals surface area (Å²) in [6.45, 7) is 6.25. The fraction of sp³-hybridized carbons (Fsp3) is 0.588. The van der Waals surface area contributed by atoms with Gasteiger partial charge in [-0.2, -0.15) is 0 Å². The van der Waals surface area contributed by atoms with E-state index in [4.69, 9.17) is 11.6 Å². The van der Waals surface area contributed by atoms with Crippen molar-refractivity contribution in [3.63, 3.8) is 0 Å². The van der Waals surface area contributed by atoms with Crippen molar-refractivity contribution >= 4 is 33.0 Å². The lowest BCUT2D eigenvalue weighted by Gasteiger charge is -2.45. The zero-order valence-corrected chi connectivity index (χ0v) is 15.8. The van der Waals surface area contributed by atoms with Gasteiger partial charge in [-0.25, -0.2) is 8.42 Å². The van der Waals surface area contributed by atoms with E-state index < -0.39 is 9.84 Å². The average molecular weight is 371 g/mol. The van der Waals surface area contributed by atoms with Gasteiger partial charge in [0.25, 0.3) is 0 Å². The number of rotatable bonds is 3. The molecular formula is C17H23ClN2O3S. The molecule has 0 N–H and O–H groups in total. The van der Waals surface area contributed by atoms with E-state index in [1.54, 1.807) is 11.0 Å². The summed E-state index contributed by atoms with van der Waals surface area (Å²) in [6, 6.07) is 5.16. The van der Waals surface area contributed by atoms with Crippen molar-refractivity contribution in [2.75, 3.05) is 23.0 Å². The summed E-state index contributed by atoms with van der Waals surface area (Å²) in [5.74, 6) is 0.0706. The smallest absolute Gasteiger partial charge is 0.241 e. The Hall–Kier alpha value is -1.11. The second kappa shape index (κ2) is 6.32. The fourth-order valence-electron chi connectivity index (χ4n) is 3.69. The predicted molar refractivity (Wildman–Crippen MR) is 96.4 cm³/mol. The van der Waals surface area contributed by atoms with Gasteiger partial charge in [0.15, 0.2) is 9.84 Å². The highest BCUT2D eigenvalue weighted by Gasteiger charge is 2.50. The minimum Gasteiger partial charge on any atom is -0.306 e. The largest absolute Gasteiger partial charge is 0.306 e. The predicted octanol–water partition coefficient (Wildman–Crippen LogP) is 2.26. The van der Waals surface area contributed by atoms with Crippen molar-refractivity contribution in [1.29, 1.82) is 0 Å². The molecule has 0 spiro atoms. The van der Waals surface area contributed by atoms with Crippen LogP contribution in [0.15, 0.2) is 18.2 Å². The number of halogens is 1. The number of sulfone groups is 1. The van der Waals surface area contributed by atoms with E-state index in [0.717, 1.165) is 12.0 Å². The number of anilines is 1. The maximum Gasteiger partial charge on any atom is 0.241 e. The zero-order valence-electron chi connectivity index (χ0n) is 14.2. The third-order valence-corrected chi connectivity index (χ3v) is 7.33. The lowest BCUT2D eigenvalue weighted by molar-refractivity contribution is -0.124. The van der Waals surface area contributed by atoms with E-state index in [0.29, 0.717) is 10.7 Å². The van der Waals surface area contributed by atoms with Gasteiger partial charge in [-0.1, -0.05) is 24.6 Å². The van der Waals surface area contributed by atoms with Crippen molar-refractivity contribution in [3.05, 3.63) is 28.8 Å². The molecule has 0 aliphatic carbocycles. The van der Waals surface area contributed by atoms with E-state index in [1.807, 2.05) is 26.0 Å². The first-order valence-corrected chi connectivity index (χ1v) is 10.5. The van der Waals surface area contributed by atoms with Gasteiger partial charge < -0.3 is 4.90 Å². The van der Waals surface area contributed by atoms with E-state index in [1.165, 1.54) is 0 Å². The van der Waals surface area contributed by atoms with Gasteiger partial charge in [0.2, 0.25) is 5.91 Å². The van der Waals surface area contributed by atoms with Gasteiger partial charge >= 0.3 is 0 Å². The second-order valence-electron chi connectivity index (χ2n) is 6.84. The third kappa shape index (κ3) is 3.07. The van der Waals surface area contributed by atoms with Gasteiger partial charge in [0.1, 0.15) is 0 Å². The molecule has 0 radical (unpaired) electrons. The van der Waals surface area contributed by atoms with Crippen LogP contribution >= 0.6 is 11.6 Å². The average Bonchev–Trinajstić information content (AvgIpc) is 2.83. The molecule has 3 atom stereocenters. The molecule has 2 fully saturated rings. The lowest BCUT2D eigenvalue weighted by Crippen LogP contribution is -2.63. The quantitative estimate of drug-likeness (QED) is 0.818. The molecule has 0 bridgehead atoms. The van der Waals surface area contributed by atoms with Crippen molar-refractivity contribution in [1.82, 2.24) is 4.90 Å². The van der Waals surface area contributed by atoms with Gasteiger partial charge in [0.05, 0.1) is 24.1 Å². The Bertz CT molecular complexity index is 765. The molecule has 2 aliphatic rings. The Labute approximate surface area is 148 Å². The summed E-state index contributed by atoms with van der Waals surface area (Å²) in [7, 11) is -3.15. The van der Waals surface area contributed by atoms with Gasteiger partial charge in [0, 0.05) is 22.8 Å². The first-order valence-electron chi connectivity index (χ1n) is 8.28. The third-order valence-electron chi connectivity index (χ3n) is 5.23. The molecule has 24 heavy (non-hydrogen) atoms. The van der Waals surface area contributed by atoms with Crippen molar-refractivity contribution in [3.8, 4) is 0 Å². The Kier molecular flexibility index (Phi) is 4.66. The SMILES string of the molecule is CCC(C)N1CC(=O)N(c2ccc(C)c(Cl)c2)[C@@H]2CS(=O)(=O)C[C@@H]21. The van der Waals surface area contributed by atoms with E-state index in [-0.39, 0.29) is 42.1 Å². The molecule has 2 saturated heterocycles. The minimum absolute atomic E-state index is 0.0157. The summed E-state index contributed by atoms with van der Waals surface area (Å²) >= 11 is 6.21. The van der Waals surface area contributed by atoms with E-state index >= 15 is 0 Å². The number of benzene rings is 1. The maximum atomic E-state index is 12.8. The highest BCUT2D eigenvalue weighted by atomic mass is 35.5. The van der Waals surface area contributed by atoms with Crippen LogP contribution in [-0.2, 0) is 14.6 Å². The van der Waals surface area contributed by atoms with Gasteiger partial charge in [-0.3, -0.25) is 9.69 Å². The Morgan fingerprint density at radius 2 is 1.96 bits per heavy atom. The summed E-state index contributed by atoms with van der Waals surface area (Å²) in [6.07, 6.45) is 0.882. The van der Waals surface area contributed by atoms with Gasteiger partial charge in [-0.05, 0) is 38.0 Å². The molecule has 3 rings (SSSR count). The number of piperazine rings is 1. The first-order chi connectivity index (χ1) is 11.2. The molecule has 1 unspecified atom stereocenters. The Morgan fingerprint density at radius 1 is 1.29 bits per heavy atom. The standard InChI is InChI=1S/C17H23ClN2O3S/c1-4-12(3)19-8-17(21)20(13-6-5-11(2)14(18)7-13)16-10-24(22,23)9-15(16)19/h5-7,12,15-16H,4,8-10H2,1-3H3/t12?,15-,16+/m0/s1. The molecule has 0 aromatic heterocycles. The normalized spacial score (nSPS) is 28.0. The molecule has 1 aromatic rings. The summed E-state index contributed by atoms with van der Waals surface area (Å²) in [5.41, 5.74) is 1.62. The van der Waals surface area contributed by atoms with Crippen LogP contribution in [0.1, 0.15) is 25.8 Å². The number of carbonyl (C=O) groups excluding carboxylic acids is 1. The number of hydrogen-bond donors (Lipinski definition) is 0. The Morgan fingerprint density at radius 3 is 2.58 bits per heavy atom. The molecule has 7 heteroatoms. The molecular weight excluding hydrogens is 348 g/mol. The van der Waals surface area contributed by atoms with Crippen LogP contribution in [0.2, 0.25) is 5.02 Å². The molecule has 5 nitrogen and oxygen atoms in total. The van der Waals surface area contributed by atoms with Crippen LogP contribution in [0.25, 0.3) is 0 Å². The summed E-state index contributed by atoms with van der Waals surface area (Å²) in [5, 5.41) is 0.585. The number of nitrogens with zero attached hydrogens (tertiary/aromatic N) is 2. The van der Waals surface area contributed by atoms with Crippen LogP contribution in [0.3, 0.4) is 0 Å². The number of amides is 1. The van der Waals surface area contributed by atoms with Crippen molar-refractivity contribution < 1.29 is 13.2 Å². The Balaban J connectivity index is 2.02. The van der Waals surface area contributed by atoms with Crippen LogP contribution in [0.5, 0.6) is 0 Å². The molecule has 2 aliphatic heterocycles. The fourth-order valence-corrected chi connectivity index (χ4v) is 5.83. The summed E-state index contributed by atoms with van der Waals surface area (Å²) in [4.78, 5) is 16.5. The monoisotopic (exact) mass is 370 g/mol. The number of aryl methyl sites for hydroxylation is 1. The molecule has 132 valence electrons. The molecule has 1 aromatic carbocycles. The van der Waals surface area contributed by atoms with E-state index in [2.05, 4.69) is 11.8 Å². The van der Waals surface area contributed by atoms with Crippen molar-refractivity contribution in [2.45, 2.75) is 45.3 Å². The number of fused-ring (bicyclic) bond motifs is 1. The summed E-state index contributed by atoms with van der Waals surface area (Å²) < 4.78 is 24.5. The highest BCUT2D eigenvalue weighted by molar-refractivity contribution is 7.91. The first kappa shape index (κ1) is 17.7. The second-order valence-corrected chi connectivity index (χ2v) is 9.40. The number of hydrogen-bond acceptors (Lipinski definition) is 4. The van der Waals surface area contributed by atoms with Crippen LogP contribution in [-0.4, -0.2) is 55.4 Å². The van der Waals surface area contributed by atoms with Crippen LogP contribution in [0, 0.1) is 6.92 Å². The maximum absolute atomic E-state index is 12.8. The van der Waals surface area contributed by atoms with Crippen LogP contribution in [0.4, 0.5) is 5.69 Å². The molecule has 1 amide bonds. The highest BCUT2D eigenvalue weighted by Crippen LogP contribution is 2.34. The lowest BCUT2D eigenvalue weighted by atomic mass is 10.00. The van der Waals surface area contributed by atoms with Crippen molar-refractivity contribution in [2.24, 2.45) is 0 Å². The zero-order chi connectivity index (χ0) is 17.6. The molecule has 2 heterocycles. The number of carbonyl (C=O) groups is 1. The topological polar surface area (TPSA) is 57.7 Å². The minimum atomic E-state index is -3.15. The molecule has 0 saturated carbocycles. The van der Waals surface area contributed by atoms with Gasteiger partial charge in [-0.15, -0.1) is 0 Å². The van der Waals surface area contributed by atoms with Crippen LogP contribution < -0.4 is 4.90 Å². The van der Waals surface area contributed by atoms with E-state index in [9.17, 15) is 13.2 Å².